The van der Waals surface area contributed by atoms with Crippen LogP contribution in [0.25, 0.3) is 17.0 Å². The summed E-state index contributed by atoms with van der Waals surface area (Å²) in [5, 5.41) is 10.4. The summed E-state index contributed by atoms with van der Waals surface area (Å²) in [6.45, 7) is 9.56. The van der Waals surface area contributed by atoms with Crippen molar-refractivity contribution in [3.05, 3.63) is 71.4 Å². The highest BCUT2D eigenvalue weighted by molar-refractivity contribution is 6.33. The zero-order chi connectivity index (χ0) is 20.7. The standard InChI is InChI=1S/C19H18ClN5O.C2H6/c1-11-3-5-15(16(20)9-11)19-14(12(2)26)6-8-18(23-19)25-24-17-7-4-13(21)10-22-17;1-2/h3-10,26H,2,21H2,1H3,(H,22,24)(H,23,25);1-2H3. The lowest BCUT2D eigenvalue weighted by Crippen LogP contribution is -2.12. The van der Waals surface area contributed by atoms with Gasteiger partial charge in [0.05, 0.1) is 22.6 Å². The topological polar surface area (TPSA) is 96.1 Å². The molecule has 0 spiro atoms. The van der Waals surface area contributed by atoms with Crippen LogP contribution in [-0.2, 0) is 0 Å². The van der Waals surface area contributed by atoms with Gasteiger partial charge >= 0.3 is 0 Å². The van der Waals surface area contributed by atoms with Crippen LogP contribution in [0.3, 0.4) is 0 Å². The Morgan fingerprint density at radius 3 is 2.36 bits per heavy atom. The second-order valence-corrected chi connectivity index (χ2v) is 6.16. The van der Waals surface area contributed by atoms with Crippen LogP contribution in [-0.4, -0.2) is 15.1 Å². The van der Waals surface area contributed by atoms with Crippen LogP contribution in [0.4, 0.5) is 17.3 Å². The van der Waals surface area contributed by atoms with Crippen molar-refractivity contribution in [1.82, 2.24) is 9.97 Å². The molecule has 5 N–H and O–H groups in total. The molecule has 3 aromatic rings. The highest BCUT2D eigenvalue weighted by Gasteiger charge is 2.14. The van der Waals surface area contributed by atoms with Crippen LogP contribution in [0.1, 0.15) is 25.0 Å². The van der Waals surface area contributed by atoms with Crippen LogP contribution in [0.2, 0.25) is 5.02 Å². The van der Waals surface area contributed by atoms with Gasteiger partial charge in [-0.15, -0.1) is 0 Å². The van der Waals surface area contributed by atoms with Crippen molar-refractivity contribution in [2.75, 3.05) is 16.6 Å². The summed E-state index contributed by atoms with van der Waals surface area (Å²) in [7, 11) is 0. The van der Waals surface area contributed by atoms with Gasteiger partial charge in [-0.3, -0.25) is 10.9 Å². The zero-order valence-corrected chi connectivity index (χ0v) is 16.9. The third-order valence-electron chi connectivity index (χ3n) is 3.69. The first-order valence-corrected chi connectivity index (χ1v) is 9.21. The Morgan fingerprint density at radius 1 is 1.07 bits per heavy atom. The fourth-order valence-electron chi connectivity index (χ4n) is 2.39. The van der Waals surface area contributed by atoms with E-state index in [1.807, 2.05) is 39.0 Å². The van der Waals surface area contributed by atoms with Crippen molar-refractivity contribution in [3.63, 3.8) is 0 Å². The fraction of sp³-hybridized carbons (Fsp3) is 0.143. The van der Waals surface area contributed by atoms with Gasteiger partial charge in [0.2, 0.25) is 0 Å². The predicted octanol–water partition coefficient (Wildman–Crippen LogP) is 5.68. The first-order chi connectivity index (χ1) is 13.4. The molecule has 6 nitrogen and oxygen atoms in total. The number of rotatable bonds is 5. The quantitative estimate of drug-likeness (QED) is 0.326. The van der Waals surface area contributed by atoms with Gasteiger partial charge in [-0.1, -0.05) is 44.2 Å². The molecule has 1 aromatic carbocycles. The molecule has 0 amide bonds. The van der Waals surface area contributed by atoms with Gasteiger partial charge in [0, 0.05) is 11.1 Å². The first-order valence-electron chi connectivity index (χ1n) is 8.83. The molecule has 0 aliphatic rings. The first kappa shape index (κ1) is 21.1. The number of nitrogens with zero attached hydrogens (tertiary/aromatic N) is 2. The molecule has 2 aromatic heterocycles. The number of aryl methyl sites for hydroxylation is 1. The number of nitrogens with two attached hydrogens (primary N) is 1. The molecule has 0 fully saturated rings. The van der Waals surface area contributed by atoms with Gasteiger partial charge in [0.15, 0.2) is 0 Å². The average molecular weight is 398 g/mol. The van der Waals surface area contributed by atoms with Crippen LogP contribution < -0.4 is 16.6 Å². The molecule has 0 atom stereocenters. The van der Waals surface area contributed by atoms with E-state index in [9.17, 15) is 5.11 Å². The van der Waals surface area contributed by atoms with E-state index in [0.717, 1.165) is 5.56 Å². The van der Waals surface area contributed by atoms with Gasteiger partial charge in [0.25, 0.3) is 0 Å². The Hall–Kier alpha value is -3.25. The lowest BCUT2D eigenvalue weighted by Gasteiger charge is -2.14. The van der Waals surface area contributed by atoms with E-state index in [1.165, 1.54) is 0 Å². The lowest BCUT2D eigenvalue weighted by molar-refractivity contribution is 0.514. The summed E-state index contributed by atoms with van der Waals surface area (Å²) in [6, 6.07) is 12.6. The maximum absolute atomic E-state index is 9.90. The summed E-state index contributed by atoms with van der Waals surface area (Å²) in [5.74, 6) is 1.04. The summed E-state index contributed by atoms with van der Waals surface area (Å²) < 4.78 is 0. The normalized spacial score (nSPS) is 9.86. The van der Waals surface area contributed by atoms with Crippen molar-refractivity contribution < 1.29 is 5.11 Å². The SMILES string of the molecule is C=C(O)c1ccc(NNc2ccc(N)cn2)nc1-c1ccc(C)cc1Cl.CC. The van der Waals surface area contributed by atoms with Gasteiger partial charge in [-0.2, -0.15) is 0 Å². The molecule has 0 unspecified atom stereocenters. The smallest absolute Gasteiger partial charge is 0.145 e. The molecule has 0 bridgehead atoms. The Balaban J connectivity index is 0.00000136. The van der Waals surface area contributed by atoms with Gasteiger partial charge in [-0.25, -0.2) is 9.97 Å². The second kappa shape index (κ2) is 9.62. The van der Waals surface area contributed by atoms with Gasteiger partial charge in [0.1, 0.15) is 17.4 Å². The lowest BCUT2D eigenvalue weighted by atomic mass is 10.0. The second-order valence-electron chi connectivity index (χ2n) is 5.75. The van der Waals surface area contributed by atoms with Crippen molar-refractivity contribution >= 4 is 34.7 Å². The Morgan fingerprint density at radius 2 is 1.75 bits per heavy atom. The van der Waals surface area contributed by atoms with E-state index in [2.05, 4.69) is 27.4 Å². The number of halogens is 1. The van der Waals surface area contributed by atoms with Crippen LogP contribution in [0.5, 0.6) is 0 Å². The number of nitrogen functional groups attached to an aromatic ring is 1. The van der Waals surface area contributed by atoms with E-state index < -0.39 is 0 Å². The molecular weight excluding hydrogens is 374 g/mol. The Bertz CT molecular complexity index is 958. The zero-order valence-electron chi connectivity index (χ0n) is 16.1. The average Bonchev–Trinajstić information content (AvgIpc) is 2.69. The van der Waals surface area contributed by atoms with Crippen LogP contribution >= 0.6 is 11.6 Å². The number of nitrogens with one attached hydrogen (secondary N) is 2. The summed E-state index contributed by atoms with van der Waals surface area (Å²) in [6.07, 6.45) is 1.55. The molecule has 146 valence electrons. The monoisotopic (exact) mass is 397 g/mol. The van der Waals surface area contributed by atoms with E-state index >= 15 is 0 Å². The number of aromatic nitrogens is 2. The van der Waals surface area contributed by atoms with Crippen LogP contribution in [0.15, 0.2) is 55.2 Å². The largest absolute Gasteiger partial charge is 0.508 e. The molecule has 0 saturated carbocycles. The minimum atomic E-state index is -0.0798. The number of aliphatic hydroxyl groups is 1. The summed E-state index contributed by atoms with van der Waals surface area (Å²) >= 11 is 6.37. The third-order valence-corrected chi connectivity index (χ3v) is 4.00. The molecule has 0 saturated heterocycles. The van der Waals surface area contributed by atoms with E-state index in [4.69, 9.17) is 17.3 Å². The van der Waals surface area contributed by atoms with Crippen molar-refractivity contribution in [3.8, 4) is 11.3 Å². The molecule has 0 aliphatic heterocycles. The van der Waals surface area contributed by atoms with Gasteiger partial charge in [-0.05, 0) is 42.8 Å². The number of pyridine rings is 2. The summed E-state index contributed by atoms with van der Waals surface area (Å²) in [4.78, 5) is 8.70. The summed E-state index contributed by atoms with van der Waals surface area (Å²) in [5.41, 5.74) is 14.9. The molecular formula is C21H24ClN5O. The minimum Gasteiger partial charge on any atom is -0.508 e. The van der Waals surface area contributed by atoms with Crippen LogP contribution in [0, 0.1) is 6.92 Å². The van der Waals surface area contributed by atoms with Crippen molar-refractivity contribution in [1.29, 1.82) is 0 Å². The number of hydrogen-bond acceptors (Lipinski definition) is 6. The van der Waals surface area contributed by atoms with Gasteiger partial charge < -0.3 is 10.8 Å². The molecule has 28 heavy (non-hydrogen) atoms. The number of hydrogen-bond donors (Lipinski definition) is 4. The highest BCUT2D eigenvalue weighted by atomic mass is 35.5. The number of aliphatic hydroxyl groups excluding tert-OH is 1. The number of anilines is 3. The van der Waals surface area contributed by atoms with Crippen molar-refractivity contribution in [2.24, 2.45) is 0 Å². The van der Waals surface area contributed by atoms with E-state index in [-0.39, 0.29) is 5.76 Å². The molecule has 0 radical (unpaired) electrons. The minimum absolute atomic E-state index is 0.0798. The highest BCUT2D eigenvalue weighted by Crippen LogP contribution is 2.33. The van der Waals surface area contributed by atoms with E-state index in [0.29, 0.717) is 39.2 Å². The maximum atomic E-state index is 9.90. The third kappa shape index (κ3) is 5.14. The molecule has 3 rings (SSSR count). The number of hydrazine groups is 1. The Kier molecular flexibility index (Phi) is 7.23. The Labute approximate surface area is 170 Å². The molecule has 2 heterocycles. The number of benzene rings is 1. The van der Waals surface area contributed by atoms with E-state index in [1.54, 1.807) is 30.5 Å². The fourth-order valence-corrected chi connectivity index (χ4v) is 2.71. The molecule has 0 aliphatic carbocycles. The maximum Gasteiger partial charge on any atom is 0.145 e. The van der Waals surface area contributed by atoms with Crippen molar-refractivity contribution in [2.45, 2.75) is 20.8 Å². The molecule has 7 heteroatoms. The predicted molar refractivity (Wildman–Crippen MR) is 118 cm³/mol.